The summed E-state index contributed by atoms with van der Waals surface area (Å²) in [5.74, 6) is 0.228. The predicted octanol–water partition coefficient (Wildman–Crippen LogP) is 1.10. The molecule has 1 aliphatic rings. The summed E-state index contributed by atoms with van der Waals surface area (Å²) in [6.07, 6.45) is 2.64. The van der Waals surface area contributed by atoms with E-state index in [4.69, 9.17) is 10.5 Å². The molecule has 2 aromatic heterocycles. The third-order valence-corrected chi connectivity index (χ3v) is 3.99. The number of anilines is 1. The van der Waals surface area contributed by atoms with Crippen LogP contribution < -0.4 is 11.4 Å². The summed E-state index contributed by atoms with van der Waals surface area (Å²) in [4.78, 5) is 37.0. The molecule has 3 rings (SSSR count). The molecule has 0 spiro atoms. The lowest BCUT2D eigenvalue weighted by atomic mass is 10.2. The van der Waals surface area contributed by atoms with Gasteiger partial charge in [-0.25, -0.2) is 19.6 Å². The fraction of sp³-hybridized carbons (Fsp3) is 0.600. The van der Waals surface area contributed by atoms with Crippen LogP contribution in [0.15, 0.2) is 11.1 Å². The number of aromatic nitrogens is 4. The van der Waals surface area contributed by atoms with Crippen LogP contribution in [0.25, 0.3) is 11.2 Å². The van der Waals surface area contributed by atoms with E-state index in [1.807, 2.05) is 20.8 Å². The second kappa shape index (κ2) is 5.81. The van der Waals surface area contributed by atoms with Gasteiger partial charge >= 0.3 is 11.8 Å². The first-order chi connectivity index (χ1) is 11.3. The number of rotatable bonds is 2. The number of hydrogen-bond donors (Lipinski definition) is 2. The molecule has 1 amide bonds. The lowest BCUT2D eigenvalue weighted by Crippen LogP contribution is -2.42. The maximum atomic E-state index is 12.4. The summed E-state index contributed by atoms with van der Waals surface area (Å²) < 4.78 is 6.95. The number of ether oxygens (including phenoxy) is 1. The Morgan fingerprint density at radius 1 is 1.46 bits per heavy atom. The Morgan fingerprint density at radius 3 is 2.92 bits per heavy atom. The normalized spacial score (nSPS) is 18.3. The fourth-order valence-electron chi connectivity index (χ4n) is 2.95. The predicted molar refractivity (Wildman–Crippen MR) is 88.5 cm³/mol. The molecule has 2 aromatic rings. The topological polar surface area (TPSA) is 119 Å². The molecule has 3 N–H and O–H groups in total. The number of fused-ring (bicyclic) bond motifs is 1. The minimum Gasteiger partial charge on any atom is -0.444 e. The number of amides is 1. The molecule has 130 valence electrons. The lowest BCUT2D eigenvalue weighted by molar-refractivity contribution is 0.0214. The fourth-order valence-corrected chi connectivity index (χ4v) is 2.95. The molecule has 1 aliphatic heterocycles. The molecule has 0 saturated carbocycles. The SMILES string of the molecule is CC(C)(C)OC(=O)N1CCCC1Cn1c(=O)[nH]c2c(N)ncnc21. The molecule has 0 aromatic carbocycles. The number of carbonyl (C=O) groups is 1. The number of aromatic amines is 1. The van der Waals surface area contributed by atoms with E-state index in [-0.39, 0.29) is 23.6 Å². The minimum absolute atomic E-state index is 0.118. The molecule has 0 aliphatic carbocycles. The first-order valence-electron chi connectivity index (χ1n) is 7.95. The molecule has 1 atom stereocenters. The molecule has 3 heterocycles. The summed E-state index contributed by atoms with van der Waals surface area (Å²) in [6.45, 7) is 6.46. The standard InChI is InChI=1S/C15H22N6O3/c1-15(2,3)24-14(23)20-6-4-5-9(20)7-21-12-10(19-13(21)22)11(16)17-8-18-12/h8-9H,4-7H2,1-3H3,(H,19,22)(H2,16,17,18). The number of H-pyrrole nitrogens is 1. The number of nitrogens with one attached hydrogen (secondary N) is 1. The van der Waals surface area contributed by atoms with E-state index < -0.39 is 5.60 Å². The van der Waals surface area contributed by atoms with Crippen molar-refractivity contribution in [2.45, 2.75) is 51.8 Å². The van der Waals surface area contributed by atoms with Crippen molar-refractivity contribution < 1.29 is 9.53 Å². The maximum absolute atomic E-state index is 12.4. The van der Waals surface area contributed by atoms with Gasteiger partial charge in [0.1, 0.15) is 17.4 Å². The van der Waals surface area contributed by atoms with Crippen LogP contribution in [-0.4, -0.2) is 48.7 Å². The highest BCUT2D eigenvalue weighted by molar-refractivity contribution is 5.81. The zero-order valence-electron chi connectivity index (χ0n) is 14.1. The number of nitrogens with zero attached hydrogens (tertiary/aromatic N) is 4. The average Bonchev–Trinajstić information content (AvgIpc) is 3.05. The van der Waals surface area contributed by atoms with Gasteiger partial charge in [0.25, 0.3) is 0 Å². The summed E-state index contributed by atoms with van der Waals surface area (Å²) in [7, 11) is 0. The highest BCUT2D eigenvalue weighted by atomic mass is 16.6. The van der Waals surface area contributed by atoms with Crippen LogP contribution in [-0.2, 0) is 11.3 Å². The second-order valence-electron chi connectivity index (χ2n) is 6.97. The number of likely N-dealkylation sites (tertiary alicyclic amines) is 1. The second-order valence-corrected chi connectivity index (χ2v) is 6.97. The first kappa shape index (κ1) is 16.3. The molecule has 0 radical (unpaired) electrons. The zero-order valence-corrected chi connectivity index (χ0v) is 14.1. The smallest absolute Gasteiger partial charge is 0.410 e. The first-order valence-corrected chi connectivity index (χ1v) is 7.95. The van der Waals surface area contributed by atoms with Crippen LogP contribution in [0.5, 0.6) is 0 Å². The van der Waals surface area contributed by atoms with E-state index in [0.29, 0.717) is 24.3 Å². The Morgan fingerprint density at radius 2 is 2.21 bits per heavy atom. The van der Waals surface area contributed by atoms with E-state index in [0.717, 1.165) is 12.8 Å². The molecule has 1 unspecified atom stereocenters. The summed E-state index contributed by atoms with van der Waals surface area (Å²) in [6, 6.07) is -0.118. The molecule has 0 bridgehead atoms. The zero-order chi connectivity index (χ0) is 17.5. The van der Waals surface area contributed by atoms with Crippen molar-refractivity contribution in [2.75, 3.05) is 12.3 Å². The lowest BCUT2D eigenvalue weighted by Gasteiger charge is -2.28. The molecular formula is C15H22N6O3. The monoisotopic (exact) mass is 334 g/mol. The molecule has 1 saturated heterocycles. The van der Waals surface area contributed by atoms with Crippen molar-refractivity contribution in [1.29, 1.82) is 0 Å². The van der Waals surface area contributed by atoms with Gasteiger partial charge in [-0.2, -0.15) is 0 Å². The van der Waals surface area contributed by atoms with Crippen molar-refractivity contribution in [3.8, 4) is 0 Å². The van der Waals surface area contributed by atoms with Crippen molar-refractivity contribution in [3.63, 3.8) is 0 Å². The van der Waals surface area contributed by atoms with E-state index in [1.165, 1.54) is 10.9 Å². The largest absolute Gasteiger partial charge is 0.444 e. The van der Waals surface area contributed by atoms with E-state index in [9.17, 15) is 9.59 Å². The number of carbonyl (C=O) groups excluding carboxylic acids is 1. The summed E-state index contributed by atoms with van der Waals surface area (Å²) >= 11 is 0. The van der Waals surface area contributed by atoms with E-state index in [1.54, 1.807) is 4.90 Å². The van der Waals surface area contributed by atoms with Crippen LogP contribution in [0.1, 0.15) is 33.6 Å². The molecular weight excluding hydrogens is 312 g/mol. The van der Waals surface area contributed by atoms with E-state index in [2.05, 4.69) is 15.0 Å². The highest BCUT2D eigenvalue weighted by Gasteiger charge is 2.33. The molecule has 24 heavy (non-hydrogen) atoms. The maximum Gasteiger partial charge on any atom is 0.410 e. The van der Waals surface area contributed by atoms with Crippen molar-refractivity contribution in [2.24, 2.45) is 0 Å². The Bertz CT molecular complexity index is 819. The number of nitrogen functional groups attached to an aromatic ring is 1. The molecule has 9 nitrogen and oxygen atoms in total. The summed E-state index contributed by atoms with van der Waals surface area (Å²) in [5, 5.41) is 0. The van der Waals surface area contributed by atoms with Crippen LogP contribution in [0.4, 0.5) is 10.6 Å². The van der Waals surface area contributed by atoms with Gasteiger partial charge in [0.2, 0.25) is 0 Å². The average molecular weight is 334 g/mol. The van der Waals surface area contributed by atoms with Crippen LogP contribution in [0.2, 0.25) is 0 Å². The molecule has 1 fully saturated rings. The van der Waals surface area contributed by atoms with Gasteiger partial charge in [-0.15, -0.1) is 0 Å². The van der Waals surface area contributed by atoms with Crippen LogP contribution in [0.3, 0.4) is 0 Å². The number of nitrogens with two attached hydrogens (primary N) is 1. The van der Waals surface area contributed by atoms with Crippen molar-refractivity contribution >= 4 is 23.1 Å². The minimum atomic E-state index is -0.552. The van der Waals surface area contributed by atoms with Crippen molar-refractivity contribution in [3.05, 3.63) is 16.8 Å². The Kier molecular flexibility index (Phi) is 3.94. The quantitative estimate of drug-likeness (QED) is 0.849. The third-order valence-electron chi connectivity index (χ3n) is 3.99. The van der Waals surface area contributed by atoms with Crippen LogP contribution >= 0.6 is 0 Å². The number of hydrogen-bond acceptors (Lipinski definition) is 6. The summed E-state index contributed by atoms with van der Waals surface area (Å²) in [5.41, 5.74) is 5.78. The highest BCUT2D eigenvalue weighted by Crippen LogP contribution is 2.23. The van der Waals surface area contributed by atoms with Gasteiger partial charge in [0, 0.05) is 13.1 Å². The third kappa shape index (κ3) is 3.06. The Balaban J connectivity index is 1.85. The van der Waals surface area contributed by atoms with Gasteiger partial charge in [0.15, 0.2) is 11.5 Å². The van der Waals surface area contributed by atoms with Gasteiger partial charge < -0.3 is 20.4 Å². The molecule has 9 heteroatoms. The van der Waals surface area contributed by atoms with Gasteiger partial charge in [-0.1, -0.05) is 0 Å². The van der Waals surface area contributed by atoms with Crippen LogP contribution in [0, 0.1) is 0 Å². The van der Waals surface area contributed by atoms with E-state index >= 15 is 0 Å². The van der Waals surface area contributed by atoms with Crippen molar-refractivity contribution in [1.82, 2.24) is 24.4 Å². The van der Waals surface area contributed by atoms with Gasteiger partial charge in [0.05, 0.1) is 6.04 Å². The van der Waals surface area contributed by atoms with Gasteiger partial charge in [-0.05, 0) is 33.6 Å². The Hall–Kier alpha value is -2.58. The van der Waals surface area contributed by atoms with Gasteiger partial charge in [-0.3, -0.25) is 4.57 Å². The Labute approximate surface area is 138 Å². The number of imidazole rings is 1.